The van der Waals surface area contributed by atoms with Crippen LogP contribution in [0.3, 0.4) is 0 Å². The Hall–Kier alpha value is -2.19. The average molecular weight is 450 g/mol. The van der Waals surface area contributed by atoms with Crippen LogP contribution in [0.1, 0.15) is 22.3 Å². The van der Waals surface area contributed by atoms with Gasteiger partial charge in [-0.15, -0.1) is 17.0 Å². The van der Waals surface area contributed by atoms with Gasteiger partial charge in [0.15, 0.2) is 11.0 Å². The van der Waals surface area contributed by atoms with Crippen molar-refractivity contribution in [3.8, 4) is 0 Å². The standard InChI is InChI=1S/C19H19N3O3S.BrH/c1-14-4-2-5-17(12-14)21(19-20-10-3-11-26-19)13-18(23)15-6-8-16(9-7-15)22(24)25;/h2,4-9,12H,3,10-11,13H2,1H3;1H. The number of hydrogen-bond donors (Lipinski definition) is 0. The number of aryl methyl sites for hydroxylation is 1. The minimum absolute atomic E-state index is 0. The van der Waals surface area contributed by atoms with Crippen molar-refractivity contribution in [3.05, 3.63) is 69.8 Å². The van der Waals surface area contributed by atoms with E-state index in [1.807, 2.05) is 36.1 Å². The molecule has 0 aromatic heterocycles. The van der Waals surface area contributed by atoms with Gasteiger partial charge in [-0.2, -0.15) is 0 Å². The van der Waals surface area contributed by atoms with E-state index in [4.69, 9.17) is 0 Å². The predicted molar refractivity (Wildman–Crippen MR) is 116 cm³/mol. The van der Waals surface area contributed by atoms with Gasteiger partial charge in [0.1, 0.15) is 0 Å². The van der Waals surface area contributed by atoms with Crippen molar-refractivity contribution in [1.82, 2.24) is 0 Å². The Labute approximate surface area is 172 Å². The quantitative estimate of drug-likeness (QED) is 0.376. The molecule has 2 aromatic carbocycles. The van der Waals surface area contributed by atoms with E-state index in [9.17, 15) is 14.9 Å². The molecule has 0 radical (unpaired) electrons. The van der Waals surface area contributed by atoms with Gasteiger partial charge in [0.25, 0.3) is 5.69 Å². The molecule has 0 unspecified atom stereocenters. The number of amidine groups is 1. The van der Waals surface area contributed by atoms with Gasteiger partial charge >= 0.3 is 0 Å². The van der Waals surface area contributed by atoms with E-state index in [0.717, 1.165) is 35.1 Å². The molecule has 2 aromatic rings. The summed E-state index contributed by atoms with van der Waals surface area (Å²) in [7, 11) is 0. The number of benzene rings is 2. The second-order valence-electron chi connectivity index (χ2n) is 6.02. The van der Waals surface area contributed by atoms with Crippen LogP contribution < -0.4 is 4.90 Å². The number of carbonyl (C=O) groups excluding carboxylic acids is 1. The molecule has 27 heavy (non-hydrogen) atoms. The maximum Gasteiger partial charge on any atom is 0.269 e. The van der Waals surface area contributed by atoms with Crippen molar-refractivity contribution in [2.45, 2.75) is 13.3 Å². The number of aliphatic imine (C=N–C) groups is 1. The Morgan fingerprint density at radius 2 is 2.00 bits per heavy atom. The molecule has 0 saturated heterocycles. The minimum atomic E-state index is -0.472. The van der Waals surface area contributed by atoms with Crippen molar-refractivity contribution in [2.75, 3.05) is 23.7 Å². The smallest absolute Gasteiger partial charge is 0.269 e. The van der Waals surface area contributed by atoms with E-state index in [1.165, 1.54) is 24.3 Å². The molecule has 0 N–H and O–H groups in total. The molecule has 1 heterocycles. The summed E-state index contributed by atoms with van der Waals surface area (Å²) in [6.45, 7) is 2.92. The number of non-ortho nitro benzene ring substituents is 1. The van der Waals surface area contributed by atoms with Crippen LogP contribution in [0.2, 0.25) is 0 Å². The Morgan fingerprint density at radius 3 is 2.59 bits per heavy atom. The highest BCUT2D eigenvalue weighted by Gasteiger charge is 2.21. The van der Waals surface area contributed by atoms with Gasteiger partial charge in [-0.05, 0) is 43.2 Å². The first-order valence-electron chi connectivity index (χ1n) is 8.34. The van der Waals surface area contributed by atoms with E-state index in [2.05, 4.69) is 4.99 Å². The molecule has 6 nitrogen and oxygen atoms in total. The van der Waals surface area contributed by atoms with Crippen molar-refractivity contribution >= 4 is 51.1 Å². The molecule has 0 bridgehead atoms. The molecule has 0 atom stereocenters. The fraction of sp³-hybridized carbons (Fsp3) is 0.263. The van der Waals surface area contributed by atoms with Gasteiger partial charge in [-0.25, -0.2) is 0 Å². The largest absolute Gasteiger partial charge is 0.313 e. The summed E-state index contributed by atoms with van der Waals surface area (Å²) in [4.78, 5) is 29.6. The Balaban J connectivity index is 0.00000261. The number of nitrogens with zero attached hydrogens (tertiary/aromatic N) is 3. The van der Waals surface area contributed by atoms with Crippen LogP contribution in [0.15, 0.2) is 53.5 Å². The Kier molecular flexibility index (Phi) is 7.55. The van der Waals surface area contributed by atoms with E-state index in [-0.39, 0.29) is 35.0 Å². The maximum atomic E-state index is 12.8. The lowest BCUT2D eigenvalue weighted by atomic mass is 10.1. The molecule has 1 aliphatic rings. The summed E-state index contributed by atoms with van der Waals surface area (Å²) in [5, 5.41) is 11.6. The third-order valence-corrected chi connectivity index (χ3v) is 5.13. The highest BCUT2D eigenvalue weighted by atomic mass is 79.9. The van der Waals surface area contributed by atoms with Gasteiger partial charge in [0, 0.05) is 35.7 Å². The molecule has 142 valence electrons. The summed E-state index contributed by atoms with van der Waals surface area (Å²) < 4.78 is 0. The van der Waals surface area contributed by atoms with E-state index in [1.54, 1.807) is 11.8 Å². The van der Waals surface area contributed by atoms with Gasteiger partial charge in [0.05, 0.1) is 11.5 Å². The number of thioether (sulfide) groups is 1. The van der Waals surface area contributed by atoms with Gasteiger partial charge in [-0.1, -0.05) is 23.9 Å². The molecule has 0 amide bonds. The zero-order chi connectivity index (χ0) is 18.5. The molecule has 0 spiro atoms. The minimum Gasteiger partial charge on any atom is -0.313 e. The molecule has 3 rings (SSSR count). The Morgan fingerprint density at radius 1 is 1.26 bits per heavy atom. The second-order valence-corrected chi connectivity index (χ2v) is 7.08. The number of anilines is 1. The topological polar surface area (TPSA) is 75.8 Å². The number of Topliss-reactive ketones (excluding diaryl/α,β-unsaturated/α-hetero) is 1. The molecule has 8 heteroatoms. The molecular formula is C19H20BrN3O3S. The lowest BCUT2D eigenvalue weighted by Crippen LogP contribution is -2.35. The van der Waals surface area contributed by atoms with E-state index >= 15 is 0 Å². The molecule has 0 aliphatic carbocycles. The predicted octanol–water partition coefficient (Wildman–Crippen LogP) is 4.66. The zero-order valence-corrected chi connectivity index (χ0v) is 17.4. The van der Waals surface area contributed by atoms with E-state index < -0.39 is 4.92 Å². The third kappa shape index (κ3) is 5.40. The fourth-order valence-electron chi connectivity index (χ4n) is 2.68. The monoisotopic (exact) mass is 449 g/mol. The van der Waals surface area contributed by atoms with Crippen LogP contribution >= 0.6 is 28.7 Å². The maximum absolute atomic E-state index is 12.8. The first kappa shape index (κ1) is 21.1. The summed E-state index contributed by atoms with van der Waals surface area (Å²) in [6.07, 6.45) is 1.03. The van der Waals surface area contributed by atoms with Crippen LogP contribution in [0, 0.1) is 17.0 Å². The number of nitro groups is 1. The van der Waals surface area contributed by atoms with Crippen LogP contribution in [0.25, 0.3) is 0 Å². The Bertz CT molecular complexity index is 856. The number of carbonyl (C=O) groups is 1. The number of halogens is 1. The van der Waals surface area contributed by atoms with Crippen molar-refractivity contribution in [3.63, 3.8) is 0 Å². The van der Waals surface area contributed by atoms with Crippen molar-refractivity contribution < 1.29 is 9.72 Å². The van der Waals surface area contributed by atoms with Gasteiger partial charge in [0.2, 0.25) is 0 Å². The SMILES string of the molecule is Br.Cc1cccc(N(CC(=O)c2ccc([N+](=O)[O-])cc2)C2=NCCCS2)c1. The number of ketones is 1. The highest BCUT2D eigenvalue weighted by Crippen LogP contribution is 2.24. The summed E-state index contributed by atoms with van der Waals surface area (Å²) in [6, 6.07) is 13.7. The first-order valence-corrected chi connectivity index (χ1v) is 9.32. The average Bonchev–Trinajstić information content (AvgIpc) is 2.66. The zero-order valence-electron chi connectivity index (χ0n) is 14.8. The van der Waals surface area contributed by atoms with Crippen molar-refractivity contribution in [1.29, 1.82) is 0 Å². The lowest BCUT2D eigenvalue weighted by Gasteiger charge is -2.27. The molecule has 1 aliphatic heterocycles. The van der Waals surface area contributed by atoms with E-state index in [0.29, 0.717) is 5.56 Å². The summed E-state index contributed by atoms with van der Waals surface area (Å²) in [5.41, 5.74) is 2.46. The fourth-order valence-corrected chi connectivity index (χ4v) is 3.65. The highest BCUT2D eigenvalue weighted by molar-refractivity contribution is 8.93. The number of rotatable bonds is 5. The number of nitro benzene ring substituents is 1. The van der Waals surface area contributed by atoms with Gasteiger partial charge < -0.3 is 4.90 Å². The summed E-state index contributed by atoms with van der Waals surface area (Å²) in [5.74, 6) is 0.877. The van der Waals surface area contributed by atoms with Crippen LogP contribution in [-0.2, 0) is 0 Å². The van der Waals surface area contributed by atoms with Crippen LogP contribution in [0.5, 0.6) is 0 Å². The normalized spacial score (nSPS) is 13.3. The molecule has 0 saturated carbocycles. The second kappa shape index (κ2) is 9.66. The lowest BCUT2D eigenvalue weighted by molar-refractivity contribution is -0.384. The third-order valence-electron chi connectivity index (χ3n) is 4.03. The molecule has 0 fully saturated rings. The number of hydrogen-bond acceptors (Lipinski definition) is 6. The first-order chi connectivity index (χ1) is 12.5. The van der Waals surface area contributed by atoms with Crippen LogP contribution in [-0.4, -0.2) is 34.7 Å². The summed E-state index contributed by atoms with van der Waals surface area (Å²) >= 11 is 1.65. The van der Waals surface area contributed by atoms with Crippen molar-refractivity contribution in [2.24, 2.45) is 4.99 Å². The molecular weight excluding hydrogens is 430 g/mol. The van der Waals surface area contributed by atoms with Crippen LogP contribution in [0.4, 0.5) is 11.4 Å². The van der Waals surface area contributed by atoms with Gasteiger partial charge in [-0.3, -0.25) is 19.9 Å².